The molecule has 1 N–H and O–H groups in total. The van der Waals surface area contributed by atoms with Gasteiger partial charge in [0, 0.05) is 38.6 Å². The maximum atomic E-state index is 12.1. The fraction of sp³-hybridized carbons (Fsp3) is 0.625. The molecule has 23 heavy (non-hydrogen) atoms. The summed E-state index contributed by atoms with van der Waals surface area (Å²) < 4.78 is 23.5. The molecule has 1 aliphatic heterocycles. The van der Waals surface area contributed by atoms with E-state index in [0.29, 0.717) is 19.6 Å². The summed E-state index contributed by atoms with van der Waals surface area (Å²) in [5.41, 5.74) is 1.15. The zero-order valence-electron chi connectivity index (χ0n) is 14.1. The van der Waals surface area contributed by atoms with Crippen LogP contribution in [0.2, 0.25) is 0 Å². The van der Waals surface area contributed by atoms with Crippen molar-refractivity contribution in [2.24, 2.45) is 4.99 Å². The molecule has 1 fully saturated rings. The van der Waals surface area contributed by atoms with E-state index < -0.39 is 14.6 Å². The van der Waals surface area contributed by atoms with Crippen LogP contribution in [-0.4, -0.2) is 60.9 Å². The van der Waals surface area contributed by atoms with E-state index in [0.717, 1.165) is 24.5 Å². The predicted octanol–water partition coefficient (Wildman–Crippen LogP) is 1.10. The van der Waals surface area contributed by atoms with Gasteiger partial charge in [-0.3, -0.25) is 9.98 Å². The van der Waals surface area contributed by atoms with Crippen molar-refractivity contribution in [1.82, 2.24) is 15.2 Å². The van der Waals surface area contributed by atoms with Crippen molar-refractivity contribution >= 4 is 15.8 Å². The van der Waals surface area contributed by atoms with Gasteiger partial charge in [-0.1, -0.05) is 6.07 Å². The zero-order chi connectivity index (χ0) is 16.9. The monoisotopic (exact) mass is 338 g/mol. The number of aromatic nitrogens is 1. The highest BCUT2D eigenvalue weighted by Crippen LogP contribution is 2.23. The third-order valence-electron chi connectivity index (χ3n) is 4.06. The first kappa shape index (κ1) is 17.7. The van der Waals surface area contributed by atoms with E-state index in [-0.39, 0.29) is 5.75 Å². The van der Waals surface area contributed by atoms with Crippen LogP contribution in [0.3, 0.4) is 0 Å². The van der Waals surface area contributed by atoms with Crippen LogP contribution < -0.4 is 5.32 Å². The summed E-state index contributed by atoms with van der Waals surface area (Å²) in [7, 11) is -3.04. The smallest absolute Gasteiger partial charge is 0.194 e. The van der Waals surface area contributed by atoms with Crippen molar-refractivity contribution < 1.29 is 8.42 Å². The molecule has 6 nitrogen and oxygen atoms in total. The molecule has 0 atom stereocenters. The lowest BCUT2D eigenvalue weighted by molar-refractivity contribution is 0.353. The Bertz CT molecular complexity index is 641. The molecule has 2 heterocycles. The Kier molecular flexibility index (Phi) is 5.62. The Balaban J connectivity index is 2.04. The van der Waals surface area contributed by atoms with Gasteiger partial charge in [0.2, 0.25) is 0 Å². The number of hydrogen-bond donors (Lipinski definition) is 1. The lowest BCUT2D eigenvalue weighted by Crippen LogP contribution is -2.57. The molecule has 0 amide bonds. The van der Waals surface area contributed by atoms with Gasteiger partial charge in [-0.2, -0.15) is 0 Å². The predicted molar refractivity (Wildman–Crippen MR) is 93.4 cm³/mol. The van der Waals surface area contributed by atoms with Crippen LogP contribution in [0, 0.1) is 0 Å². The Morgan fingerprint density at radius 1 is 1.48 bits per heavy atom. The molecule has 1 aliphatic rings. The van der Waals surface area contributed by atoms with E-state index in [9.17, 15) is 8.42 Å². The Morgan fingerprint density at radius 2 is 2.26 bits per heavy atom. The molecule has 1 saturated heterocycles. The minimum Gasteiger partial charge on any atom is -0.357 e. The quantitative estimate of drug-likeness (QED) is 0.657. The zero-order valence-corrected chi connectivity index (χ0v) is 14.9. The number of nitrogens with zero attached hydrogens (tertiary/aromatic N) is 3. The number of nitrogens with one attached hydrogen (secondary N) is 1. The maximum Gasteiger partial charge on any atom is 0.194 e. The summed E-state index contributed by atoms with van der Waals surface area (Å²) in [4.78, 5) is 10.8. The molecule has 0 aliphatic carbocycles. The van der Waals surface area contributed by atoms with E-state index >= 15 is 0 Å². The molecule has 0 aromatic carbocycles. The lowest BCUT2D eigenvalue weighted by atomic mass is 10.2. The highest BCUT2D eigenvalue weighted by molar-refractivity contribution is 7.92. The van der Waals surface area contributed by atoms with Gasteiger partial charge in [0.25, 0.3) is 0 Å². The minimum atomic E-state index is -3.04. The molecule has 1 aromatic rings. The van der Waals surface area contributed by atoms with Crippen LogP contribution in [0.5, 0.6) is 0 Å². The van der Waals surface area contributed by atoms with Gasteiger partial charge in [-0.05, 0) is 38.8 Å². The van der Waals surface area contributed by atoms with Crippen molar-refractivity contribution in [3.05, 3.63) is 30.1 Å². The van der Waals surface area contributed by atoms with Crippen molar-refractivity contribution in [2.75, 3.05) is 31.9 Å². The van der Waals surface area contributed by atoms with Gasteiger partial charge < -0.3 is 10.2 Å². The number of guanidine groups is 1. The van der Waals surface area contributed by atoms with Crippen LogP contribution in [0.4, 0.5) is 0 Å². The topological polar surface area (TPSA) is 74.7 Å². The van der Waals surface area contributed by atoms with E-state index in [1.807, 2.05) is 30.2 Å². The summed E-state index contributed by atoms with van der Waals surface area (Å²) in [6.07, 6.45) is 4.42. The maximum absolute atomic E-state index is 12.1. The second kappa shape index (κ2) is 7.29. The molecule has 0 bridgehead atoms. The number of sulfone groups is 1. The van der Waals surface area contributed by atoms with Crippen LogP contribution in [0.1, 0.15) is 26.3 Å². The Hall–Kier alpha value is -1.63. The number of pyridine rings is 1. The number of rotatable bonds is 4. The van der Waals surface area contributed by atoms with Gasteiger partial charge in [0.1, 0.15) is 0 Å². The first-order valence-electron chi connectivity index (χ1n) is 8.00. The fourth-order valence-electron chi connectivity index (χ4n) is 2.59. The average Bonchev–Trinajstić information content (AvgIpc) is 2.50. The van der Waals surface area contributed by atoms with E-state index in [2.05, 4.69) is 15.3 Å². The second-order valence-corrected chi connectivity index (χ2v) is 9.09. The van der Waals surface area contributed by atoms with Crippen LogP contribution in [0.25, 0.3) is 0 Å². The first-order valence-corrected chi connectivity index (χ1v) is 9.65. The average molecular weight is 338 g/mol. The number of aliphatic imine (C=N–C) groups is 1. The first-order chi connectivity index (χ1) is 10.9. The van der Waals surface area contributed by atoms with E-state index in [4.69, 9.17) is 0 Å². The second-order valence-electron chi connectivity index (χ2n) is 6.35. The fourth-order valence-corrected chi connectivity index (χ4v) is 3.95. The van der Waals surface area contributed by atoms with Gasteiger partial charge in [0.05, 0.1) is 10.5 Å². The highest BCUT2D eigenvalue weighted by Gasteiger charge is 2.40. The van der Waals surface area contributed by atoms with Gasteiger partial charge in [-0.15, -0.1) is 0 Å². The molecule has 1 aromatic heterocycles. The summed E-state index contributed by atoms with van der Waals surface area (Å²) in [5.74, 6) is 0.965. The summed E-state index contributed by atoms with van der Waals surface area (Å²) in [6.45, 7) is 7.95. The third kappa shape index (κ3) is 4.43. The van der Waals surface area contributed by atoms with Crippen LogP contribution in [-0.2, 0) is 16.3 Å². The van der Waals surface area contributed by atoms with Crippen molar-refractivity contribution in [2.45, 2.75) is 31.9 Å². The van der Waals surface area contributed by atoms with Crippen molar-refractivity contribution in [3.8, 4) is 0 Å². The van der Waals surface area contributed by atoms with E-state index in [1.54, 1.807) is 20.0 Å². The van der Waals surface area contributed by atoms with Crippen molar-refractivity contribution in [3.63, 3.8) is 0 Å². The molecular formula is C16H26N4O2S. The molecule has 0 radical (unpaired) electrons. The molecule has 128 valence electrons. The Morgan fingerprint density at radius 3 is 2.87 bits per heavy atom. The molecule has 0 spiro atoms. The largest absolute Gasteiger partial charge is 0.357 e. The third-order valence-corrected chi connectivity index (χ3v) is 6.60. The molecule has 0 saturated carbocycles. The summed E-state index contributed by atoms with van der Waals surface area (Å²) in [5, 5.41) is 3.27. The molecular weight excluding hydrogens is 312 g/mol. The summed E-state index contributed by atoms with van der Waals surface area (Å²) >= 11 is 0. The van der Waals surface area contributed by atoms with Gasteiger partial charge in [0.15, 0.2) is 15.8 Å². The molecule has 0 unspecified atom stereocenters. The lowest BCUT2D eigenvalue weighted by Gasteiger charge is -2.39. The van der Waals surface area contributed by atoms with Gasteiger partial charge >= 0.3 is 0 Å². The SMILES string of the molecule is CCNC(=NCCc1cccnc1)N1CCS(=O)(=O)C(C)(C)C1. The number of hydrogen-bond acceptors (Lipinski definition) is 4. The normalized spacial score (nSPS) is 20.3. The van der Waals surface area contributed by atoms with Crippen LogP contribution in [0.15, 0.2) is 29.5 Å². The highest BCUT2D eigenvalue weighted by atomic mass is 32.2. The van der Waals surface area contributed by atoms with Crippen molar-refractivity contribution in [1.29, 1.82) is 0 Å². The van der Waals surface area contributed by atoms with E-state index in [1.165, 1.54) is 0 Å². The Labute approximate surface area is 138 Å². The minimum absolute atomic E-state index is 0.174. The standard InChI is InChI=1S/C16H26N4O2S/c1-4-18-15(19-9-7-14-6-5-8-17-12-14)20-10-11-23(21,22)16(2,3)13-20/h5-6,8,12H,4,7,9-11,13H2,1-3H3,(H,18,19). The summed E-state index contributed by atoms with van der Waals surface area (Å²) in [6, 6.07) is 3.95. The molecule has 2 rings (SSSR count). The molecule has 7 heteroatoms. The van der Waals surface area contributed by atoms with Gasteiger partial charge in [-0.25, -0.2) is 8.42 Å². The van der Waals surface area contributed by atoms with Crippen LogP contribution >= 0.6 is 0 Å².